The third-order valence-corrected chi connectivity index (χ3v) is 3.46. The normalized spacial score (nSPS) is 22.8. The van der Waals surface area contributed by atoms with Crippen LogP contribution in [-0.2, 0) is 4.79 Å². The maximum absolute atomic E-state index is 13.3. The van der Waals surface area contributed by atoms with Crippen molar-refractivity contribution in [2.45, 2.75) is 25.3 Å². The number of hydrogen-bond donors (Lipinski definition) is 2. The zero-order valence-electron chi connectivity index (χ0n) is 11.1. The van der Waals surface area contributed by atoms with Gasteiger partial charge in [-0.15, -0.1) is 0 Å². The third kappa shape index (κ3) is 3.41. The van der Waals surface area contributed by atoms with Crippen LogP contribution in [0.2, 0.25) is 0 Å². The van der Waals surface area contributed by atoms with Gasteiger partial charge in [0, 0.05) is 24.1 Å². The molecule has 4 heteroatoms. The largest absolute Gasteiger partial charge is 0.348 e. The van der Waals surface area contributed by atoms with E-state index in [9.17, 15) is 9.18 Å². The molecule has 1 saturated heterocycles. The molecule has 2 unspecified atom stereocenters. The Morgan fingerprint density at radius 1 is 1.53 bits per heavy atom. The van der Waals surface area contributed by atoms with Crippen molar-refractivity contribution in [3.8, 4) is 0 Å². The van der Waals surface area contributed by atoms with Gasteiger partial charge in [-0.25, -0.2) is 4.39 Å². The summed E-state index contributed by atoms with van der Waals surface area (Å²) in [5.41, 5.74) is 1.43. The Kier molecular flexibility index (Phi) is 4.32. The maximum Gasteiger partial charge on any atom is 0.246 e. The van der Waals surface area contributed by atoms with Gasteiger partial charge in [0.2, 0.25) is 5.91 Å². The summed E-state index contributed by atoms with van der Waals surface area (Å²) in [4.78, 5) is 11.7. The van der Waals surface area contributed by atoms with Gasteiger partial charge in [-0.3, -0.25) is 4.79 Å². The standard InChI is InChI=1S/C15H19FN2O/c1-10(2)15(19)18-14-9-17-7-6-13(14)11-4-3-5-12(16)8-11/h3-5,8,13-14,17H,1,6-7,9H2,2H3,(H,18,19). The Labute approximate surface area is 112 Å². The molecule has 2 atom stereocenters. The first-order valence-corrected chi connectivity index (χ1v) is 6.50. The summed E-state index contributed by atoms with van der Waals surface area (Å²) in [5.74, 6) is -0.239. The second kappa shape index (κ2) is 5.97. The molecule has 1 fully saturated rings. The van der Waals surface area contributed by atoms with E-state index in [4.69, 9.17) is 0 Å². The van der Waals surface area contributed by atoms with E-state index in [0.717, 1.165) is 18.5 Å². The molecule has 3 nitrogen and oxygen atoms in total. The van der Waals surface area contributed by atoms with Crippen molar-refractivity contribution in [2.24, 2.45) is 0 Å². The Balaban J connectivity index is 2.16. The Morgan fingerprint density at radius 3 is 3.00 bits per heavy atom. The van der Waals surface area contributed by atoms with Gasteiger partial charge in [0.25, 0.3) is 0 Å². The molecule has 1 heterocycles. The van der Waals surface area contributed by atoms with Gasteiger partial charge < -0.3 is 10.6 Å². The number of nitrogens with one attached hydrogen (secondary N) is 2. The smallest absolute Gasteiger partial charge is 0.246 e. The van der Waals surface area contributed by atoms with E-state index in [0.29, 0.717) is 12.1 Å². The molecule has 1 amide bonds. The van der Waals surface area contributed by atoms with Crippen LogP contribution in [0.15, 0.2) is 36.4 Å². The van der Waals surface area contributed by atoms with Crippen LogP contribution in [0.4, 0.5) is 4.39 Å². The van der Waals surface area contributed by atoms with E-state index in [1.807, 2.05) is 6.07 Å². The lowest BCUT2D eigenvalue weighted by molar-refractivity contribution is -0.118. The van der Waals surface area contributed by atoms with Crippen LogP contribution >= 0.6 is 0 Å². The number of halogens is 1. The van der Waals surface area contributed by atoms with Crippen molar-refractivity contribution in [1.29, 1.82) is 0 Å². The SMILES string of the molecule is C=C(C)C(=O)NC1CNCCC1c1cccc(F)c1. The molecule has 19 heavy (non-hydrogen) atoms. The average molecular weight is 262 g/mol. The van der Waals surface area contributed by atoms with E-state index in [1.165, 1.54) is 6.07 Å². The van der Waals surface area contributed by atoms with Gasteiger partial charge in [-0.2, -0.15) is 0 Å². The quantitative estimate of drug-likeness (QED) is 0.818. The molecular formula is C15H19FN2O. The van der Waals surface area contributed by atoms with Gasteiger partial charge in [-0.1, -0.05) is 18.7 Å². The topological polar surface area (TPSA) is 41.1 Å². The molecule has 2 N–H and O–H groups in total. The first-order valence-electron chi connectivity index (χ1n) is 6.50. The number of carbonyl (C=O) groups excluding carboxylic acids is 1. The molecule has 0 aromatic heterocycles. The van der Waals surface area contributed by atoms with Gasteiger partial charge in [0.15, 0.2) is 0 Å². The number of piperidine rings is 1. The molecular weight excluding hydrogens is 243 g/mol. The van der Waals surface area contributed by atoms with Crippen molar-refractivity contribution < 1.29 is 9.18 Å². The fraction of sp³-hybridized carbons (Fsp3) is 0.400. The molecule has 0 radical (unpaired) electrons. The highest BCUT2D eigenvalue weighted by atomic mass is 19.1. The summed E-state index contributed by atoms with van der Waals surface area (Å²) in [6.45, 7) is 6.89. The molecule has 102 valence electrons. The number of benzene rings is 1. The van der Waals surface area contributed by atoms with E-state index in [1.54, 1.807) is 19.1 Å². The summed E-state index contributed by atoms with van der Waals surface area (Å²) in [6, 6.07) is 6.59. The monoisotopic (exact) mass is 262 g/mol. The van der Waals surface area contributed by atoms with E-state index >= 15 is 0 Å². The van der Waals surface area contributed by atoms with Crippen molar-refractivity contribution in [3.63, 3.8) is 0 Å². The first-order chi connectivity index (χ1) is 9.08. The van der Waals surface area contributed by atoms with Crippen molar-refractivity contribution in [2.75, 3.05) is 13.1 Å². The van der Waals surface area contributed by atoms with Gasteiger partial charge in [0.05, 0.1) is 0 Å². The second-order valence-corrected chi connectivity index (χ2v) is 5.01. The molecule has 0 saturated carbocycles. The maximum atomic E-state index is 13.3. The minimum Gasteiger partial charge on any atom is -0.348 e. The average Bonchev–Trinajstić information content (AvgIpc) is 2.39. The van der Waals surface area contributed by atoms with Crippen LogP contribution < -0.4 is 10.6 Å². The molecule has 1 aliphatic heterocycles. The fourth-order valence-electron chi connectivity index (χ4n) is 2.44. The molecule has 1 aromatic carbocycles. The Hall–Kier alpha value is -1.68. The van der Waals surface area contributed by atoms with Crippen LogP contribution in [0.3, 0.4) is 0 Å². The van der Waals surface area contributed by atoms with Crippen LogP contribution in [0.25, 0.3) is 0 Å². The Morgan fingerprint density at radius 2 is 2.32 bits per heavy atom. The third-order valence-electron chi connectivity index (χ3n) is 3.46. The summed E-state index contributed by atoms with van der Waals surface area (Å²) < 4.78 is 13.3. The lowest BCUT2D eigenvalue weighted by Crippen LogP contribution is -2.50. The van der Waals surface area contributed by atoms with Crippen LogP contribution in [0.1, 0.15) is 24.8 Å². The highest BCUT2D eigenvalue weighted by Crippen LogP contribution is 2.26. The number of rotatable bonds is 3. The molecule has 2 rings (SSSR count). The van der Waals surface area contributed by atoms with Crippen molar-refractivity contribution >= 4 is 5.91 Å². The van der Waals surface area contributed by atoms with E-state index < -0.39 is 0 Å². The van der Waals surface area contributed by atoms with E-state index in [2.05, 4.69) is 17.2 Å². The predicted molar refractivity (Wildman–Crippen MR) is 73.4 cm³/mol. The van der Waals surface area contributed by atoms with Crippen molar-refractivity contribution in [1.82, 2.24) is 10.6 Å². The lowest BCUT2D eigenvalue weighted by atomic mass is 9.86. The number of carbonyl (C=O) groups is 1. The van der Waals surface area contributed by atoms with Crippen LogP contribution in [0, 0.1) is 5.82 Å². The van der Waals surface area contributed by atoms with Gasteiger partial charge >= 0.3 is 0 Å². The number of amides is 1. The summed E-state index contributed by atoms with van der Waals surface area (Å²) in [6.07, 6.45) is 0.880. The minimum absolute atomic E-state index is 0.0280. The summed E-state index contributed by atoms with van der Waals surface area (Å²) in [7, 11) is 0. The number of hydrogen-bond acceptors (Lipinski definition) is 2. The zero-order chi connectivity index (χ0) is 13.8. The molecule has 1 aromatic rings. The van der Waals surface area contributed by atoms with Crippen LogP contribution in [-0.4, -0.2) is 25.0 Å². The summed E-state index contributed by atoms with van der Waals surface area (Å²) in [5, 5.41) is 6.22. The Bertz CT molecular complexity index is 487. The van der Waals surface area contributed by atoms with Gasteiger partial charge in [0.1, 0.15) is 5.82 Å². The van der Waals surface area contributed by atoms with Crippen LogP contribution in [0.5, 0.6) is 0 Å². The van der Waals surface area contributed by atoms with E-state index in [-0.39, 0.29) is 23.7 Å². The first kappa shape index (κ1) is 13.7. The molecule has 0 bridgehead atoms. The minimum atomic E-state index is -0.235. The van der Waals surface area contributed by atoms with Gasteiger partial charge in [-0.05, 0) is 37.6 Å². The highest BCUT2D eigenvalue weighted by molar-refractivity contribution is 5.92. The molecule has 1 aliphatic rings. The lowest BCUT2D eigenvalue weighted by Gasteiger charge is -2.33. The predicted octanol–water partition coefficient (Wildman–Crippen LogP) is 1.96. The fourth-order valence-corrected chi connectivity index (χ4v) is 2.44. The summed E-state index contributed by atoms with van der Waals surface area (Å²) >= 11 is 0. The van der Waals surface area contributed by atoms with Crippen molar-refractivity contribution in [3.05, 3.63) is 47.8 Å². The second-order valence-electron chi connectivity index (χ2n) is 5.01. The highest BCUT2D eigenvalue weighted by Gasteiger charge is 2.27. The molecule has 0 spiro atoms. The molecule has 0 aliphatic carbocycles. The zero-order valence-corrected chi connectivity index (χ0v) is 11.1.